The fourth-order valence-electron chi connectivity index (χ4n) is 1.21. The van der Waals surface area contributed by atoms with Gasteiger partial charge in [-0.25, -0.2) is 0 Å². The van der Waals surface area contributed by atoms with E-state index >= 15 is 0 Å². The molecule has 0 radical (unpaired) electrons. The summed E-state index contributed by atoms with van der Waals surface area (Å²) in [4.78, 5) is 11.0. The van der Waals surface area contributed by atoms with E-state index in [1.54, 1.807) is 13.1 Å². The number of carbonyl (C=O) groups is 1. The van der Waals surface area contributed by atoms with Crippen molar-refractivity contribution in [3.05, 3.63) is 22.2 Å². The van der Waals surface area contributed by atoms with Crippen molar-refractivity contribution in [3.63, 3.8) is 0 Å². The van der Waals surface area contributed by atoms with E-state index in [4.69, 9.17) is 33.7 Å². The molecule has 0 saturated heterocycles. The summed E-state index contributed by atoms with van der Waals surface area (Å²) in [7, 11) is 1.60. The summed E-state index contributed by atoms with van der Waals surface area (Å²) in [5, 5.41) is 3.32. The van der Waals surface area contributed by atoms with Crippen LogP contribution >= 0.6 is 23.2 Å². The number of anilines is 1. The highest BCUT2D eigenvalue weighted by Crippen LogP contribution is 2.32. The van der Waals surface area contributed by atoms with Crippen LogP contribution in [0.5, 0.6) is 5.75 Å². The number of hydrogen-bond donors (Lipinski definition) is 2. The van der Waals surface area contributed by atoms with Crippen LogP contribution in [0.3, 0.4) is 0 Å². The van der Waals surface area contributed by atoms with Gasteiger partial charge in [0.15, 0.2) is 0 Å². The second kappa shape index (κ2) is 6.57. The number of nitrogen functional groups attached to an aromatic ring is 1. The molecule has 6 heteroatoms. The Morgan fingerprint density at radius 3 is 2.71 bits per heavy atom. The fraction of sp³-hybridized carbons (Fsp3) is 0.364. The first kappa shape index (κ1) is 13.9. The van der Waals surface area contributed by atoms with Crippen LogP contribution in [0.2, 0.25) is 10.0 Å². The van der Waals surface area contributed by atoms with E-state index in [1.165, 1.54) is 6.07 Å². The Hall–Kier alpha value is -1.13. The number of nitrogens with one attached hydrogen (secondary N) is 1. The summed E-state index contributed by atoms with van der Waals surface area (Å²) in [6.45, 7) is 0.398. The molecule has 0 saturated carbocycles. The molecule has 1 aromatic rings. The molecule has 0 aliphatic rings. The minimum Gasteiger partial charge on any atom is -0.491 e. The highest BCUT2D eigenvalue weighted by molar-refractivity contribution is 6.42. The SMILES string of the molecule is CNC(=O)CCCOc1cc(Cl)c(Cl)cc1N. The summed E-state index contributed by atoms with van der Waals surface area (Å²) in [5.41, 5.74) is 6.14. The van der Waals surface area contributed by atoms with Crippen LogP contribution in [0.15, 0.2) is 12.1 Å². The lowest BCUT2D eigenvalue weighted by Gasteiger charge is -2.09. The molecule has 3 N–H and O–H groups in total. The Labute approximate surface area is 110 Å². The van der Waals surface area contributed by atoms with E-state index in [9.17, 15) is 4.79 Å². The molecule has 17 heavy (non-hydrogen) atoms. The molecule has 0 spiro atoms. The third-order valence-electron chi connectivity index (χ3n) is 2.14. The summed E-state index contributed by atoms with van der Waals surface area (Å²) < 4.78 is 5.42. The molecule has 0 aliphatic carbocycles. The van der Waals surface area contributed by atoms with Crippen LogP contribution in [0, 0.1) is 0 Å². The van der Waals surface area contributed by atoms with Gasteiger partial charge in [0, 0.05) is 19.5 Å². The van der Waals surface area contributed by atoms with E-state index in [1.807, 2.05) is 0 Å². The first-order valence-corrected chi connectivity index (χ1v) is 5.88. The third-order valence-corrected chi connectivity index (χ3v) is 2.86. The van der Waals surface area contributed by atoms with Gasteiger partial charge in [0.1, 0.15) is 5.75 Å². The number of hydrogen-bond acceptors (Lipinski definition) is 3. The minimum absolute atomic E-state index is 0.0179. The normalized spacial score (nSPS) is 10.1. The second-order valence-corrected chi connectivity index (χ2v) is 4.24. The Balaban J connectivity index is 2.47. The zero-order valence-corrected chi connectivity index (χ0v) is 10.9. The van der Waals surface area contributed by atoms with Gasteiger partial charge < -0.3 is 15.8 Å². The number of ether oxygens (including phenoxy) is 1. The first-order chi connectivity index (χ1) is 8.04. The lowest BCUT2D eigenvalue weighted by molar-refractivity contribution is -0.120. The van der Waals surface area contributed by atoms with Crippen molar-refractivity contribution in [3.8, 4) is 5.75 Å². The number of carbonyl (C=O) groups excluding carboxylic acids is 1. The maximum atomic E-state index is 11.0. The summed E-state index contributed by atoms with van der Waals surface area (Å²) in [5.74, 6) is 0.465. The number of halogens is 2. The molecular weight excluding hydrogens is 263 g/mol. The van der Waals surface area contributed by atoms with Gasteiger partial charge in [-0.2, -0.15) is 0 Å². The van der Waals surface area contributed by atoms with Crippen molar-refractivity contribution >= 4 is 34.8 Å². The summed E-state index contributed by atoms with van der Waals surface area (Å²) in [6.07, 6.45) is 1.02. The average Bonchev–Trinajstić information content (AvgIpc) is 2.30. The Morgan fingerprint density at radius 1 is 1.41 bits per heavy atom. The van der Waals surface area contributed by atoms with E-state index in [0.717, 1.165) is 0 Å². The van der Waals surface area contributed by atoms with Crippen LogP contribution in [-0.4, -0.2) is 19.6 Å². The smallest absolute Gasteiger partial charge is 0.219 e. The van der Waals surface area contributed by atoms with Gasteiger partial charge in [0.2, 0.25) is 5.91 Å². The second-order valence-electron chi connectivity index (χ2n) is 3.43. The number of rotatable bonds is 5. The van der Waals surface area contributed by atoms with Crippen molar-refractivity contribution in [1.82, 2.24) is 5.32 Å². The van der Waals surface area contributed by atoms with Gasteiger partial charge in [0.25, 0.3) is 0 Å². The molecule has 1 aromatic carbocycles. The van der Waals surface area contributed by atoms with Gasteiger partial charge in [0.05, 0.1) is 22.3 Å². The Bertz CT molecular complexity index is 411. The molecule has 0 fully saturated rings. The van der Waals surface area contributed by atoms with Crippen LogP contribution in [0.25, 0.3) is 0 Å². The number of amides is 1. The lowest BCUT2D eigenvalue weighted by atomic mass is 10.3. The molecule has 94 valence electrons. The largest absolute Gasteiger partial charge is 0.491 e. The van der Waals surface area contributed by atoms with Crippen molar-refractivity contribution in [2.45, 2.75) is 12.8 Å². The highest BCUT2D eigenvalue weighted by atomic mass is 35.5. The van der Waals surface area contributed by atoms with Crippen LogP contribution in [0.4, 0.5) is 5.69 Å². The highest BCUT2D eigenvalue weighted by Gasteiger charge is 2.06. The van der Waals surface area contributed by atoms with Crippen LogP contribution < -0.4 is 15.8 Å². The molecular formula is C11H14Cl2N2O2. The fourth-order valence-corrected chi connectivity index (χ4v) is 1.53. The van der Waals surface area contributed by atoms with Crippen LogP contribution in [-0.2, 0) is 4.79 Å². The van der Waals surface area contributed by atoms with Crippen molar-refractivity contribution in [2.24, 2.45) is 0 Å². The van der Waals surface area contributed by atoms with Crippen LogP contribution in [0.1, 0.15) is 12.8 Å². The monoisotopic (exact) mass is 276 g/mol. The van der Waals surface area contributed by atoms with Gasteiger partial charge in [-0.1, -0.05) is 23.2 Å². The van der Waals surface area contributed by atoms with Crippen molar-refractivity contribution in [2.75, 3.05) is 19.4 Å². The van der Waals surface area contributed by atoms with Crippen molar-refractivity contribution in [1.29, 1.82) is 0 Å². The maximum absolute atomic E-state index is 11.0. The zero-order valence-electron chi connectivity index (χ0n) is 9.43. The molecule has 0 bridgehead atoms. The van der Waals surface area contributed by atoms with E-state index in [0.29, 0.717) is 40.9 Å². The Morgan fingerprint density at radius 2 is 2.06 bits per heavy atom. The predicted octanol–water partition coefficient (Wildman–Crippen LogP) is 2.48. The third kappa shape index (κ3) is 4.32. The average molecular weight is 277 g/mol. The lowest BCUT2D eigenvalue weighted by Crippen LogP contribution is -2.18. The molecule has 0 heterocycles. The number of nitrogens with two attached hydrogens (primary N) is 1. The van der Waals surface area contributed by atoms with Crippen molar-refractivity contribution < 1.29 is 9.53 Å². The minimum atomic E-state index is -0.0179. The predicted molar refractivity (Wildman–Crippen MR) is 69.7 cm³/mol. The van der Waals surface area contributed by atoms with Gasteiger partial charge in [-0.15, -0.1) is 0 Å². The molecule has 1 amide bonds. The van der Waals surface area contributed by atoms with Gasteiger partial charge >= 0.3 is 0 Å². The van der Waals surface area contributed by atoms with Gasteiger partial charge in [-0.05, 0) is 12.5 Å². The Kier molecular flexibility index (Phi) is 5.38. The first-order valence-electron chi connectivity index (χ1n) is 5.12. The standard InChI is InChI=1S/C11H14Cl2N2O2/c1-15-11(16)3-2-4-17-10-6-8(13)7(12)5-9(10)14/h5-6H,2-4,14H2,1H3,(H,15,16). The maximum Gasteiger partial charge on any atom is 0.219 e. The summed E-state index contributed by atoms with van der Waals surface area (Å²) >= 11 is 11.6. The topological polar surface area (TPSA) is 64.3 Å². The molecule has 0 aliphatic heterocycles. The number of benzene rings is 1. The zero-order chi connectivity index (χ0) is 12.8. The molecule has 0 unspecified atom stereocenters. The summed E-state index contributed by atoms with van der Waals surface area (Å²) in [6, 6.07) is 3.11. The molecule has 0 atom stereocenters. The van der Waals surface area contributed by atoms with E-state index < -0.39 is 0 Å². The quantitative estimate of drug-likeness (QED) is 0.642. The van der Waals surface area contributed by atoms with E-state index in [-0.39, 0.29) is 5.91 Å². The molecule has 0 aromatic heterocycles. The van der Waals surface area contributed by atoms with Gasteiger partial charge in [-0.3, -0.25) is 4.79 Å². The molecule has 4 nitrogen and oxygen atoms in total. The van der Waals surface area contributed by atoms with E-state index in [2.05, 4.69) is 5.32 Å². The molecule has 1 rings (SSSR count).